The average molecular weight is 313 g/mol. The van der Waals surface area contributed by atoms with Crippen LogP contribution >= 0.6 is 11.6 Å². The molecule has 0 saturated heterocycles. The van der Waals surface area contributed by atoms with Crippen LogP contribution in [0, 0.1) is 6.92 Å². The normalized spacial score (nSPS) is 11.9. The summed E-state index contributed by atoms with van der Waals surface area (Å²) < 4.78 is 37.8. The molecule has 1 N–H and O–H groups in total. The van der Waals surface area contributed by atoms with Gasteiger partial charge >= 0.3 is 6.18 Å². The van der Waals surface area contributed by atoms with Crippen LogP contribution in [0.4, 0.5) is 18.9 Å². The lowest BCUT2D eigenvalue weighted by atomic mass is 10.2. The van der Waals surface area contributed by atoms with Crippen LogP contribution in [0.15, 0.2) is 47.6 Å². The number of alkyl halides is 3. The number of anilines is 1. The van der Waals surface area contributed by atoms with Crippen molar-refractivity contribution in [1.29, 1.82) is 0 Å². The van der Waals surface area contributed by atoms with Crippen LogP contribution in [0.2, 0.25) is 5.02 Å². The highest BCUT2D eigenvalue weighted by Gasteiger charge is 2.30. The molecule has 0 heterocycles. The fraction of sp³-hybridized carbons (Fsp3) is 0.133. The van der Waals surface area contributed by atoms with E-state index >= 15 is 0 Å². The van der Waals surface area contributed by atoms with Crippen molar-refractivity contribution in [1.82, 2.24) is 0 Å². The van der Waals surface area contributed by atoms with Crippen LogP contribution in [0.3, 0.4) is 0 Å². The Kier molecular flexibility index (Phi) is 4.53. The highest BCUT2D eigenvalue weighted by molar-refractivity contribution is 6.33. The van der Waals surface area contributed by atoms with Crippen molar-refractivity contribution in [3.05, 3.63) is 64.2 Å². The van der Waals surface area contributed by atoms with Crippen LogP contribution in [0.1, 0.15) is 16.7 Å². The molecule has 0 aliphatic rings. The molecule has 0 atom stereocenters. The van der Waals surface area contributed by atoms with Crippen molar-refractivity contribution in [3.63, 3.8) is 0 Å². The molecule has 0 unspecified atom stereocenters. The van der Waals surface area contributed by atoms with Crippen LogP contribution in [-0.2, 0) is 6.18 Å². The molecule has 0 aromatic heterocycles. The van der Waals surface area contributed by atoms with E-state index in [1.165, 1.54) is 12.3 Å². The third-order valence-electron chi connectivity index (χ3n) is 2.77. The highest BCUT2D eigenvalue weighted by atomic mass is 35.5. The van der Waals surface area contributed by atoms with Gasteiger partial charge in [-0.2, -0.15) is 18.3 Å². The molecule has 0 amide bonds. The molecule has 0 saturated carbocycles. The topological polar surface area (TPSA) is 24.4 Å². The zero-order valence-corrected chi connectivity index (χ0v) is 11.8. The predicted octanol–water partition coefficient (Wildman–Crippen LogP) is 5.11. The van der Waals surface area contributed by atoms with Crippen LogP contribution < -0.4 is 5.43 Å². The first kappa shape index (κ1) is 15.4. The maximum atomic E-state index is 12.6. The lowest BCUT2D eigenvalue weighted by Crippen LogP contribution is -2.05. The predicted molar refractivity (Wildman–Crippen MR) is 78.8 cm³/mol. The van der Waals surface area contributed by atoms with E-state index in [4.69, 9.17) is 11.6 Å². The van der Waals surface area contributed by atoms with E-state index in [1.807, 2.05) is 31.2 Å². The first-order valence-electron chi connectivity index (χ1n) is 6.09. The summed E-state index contributed by atoms with van der Waals surface area (Å²) >= 11 is 5.85. The summed E-state index contributed by atoms with van der Waals surface area (Å²) in [6.07, 6.45) is -2.91. The van der Waals surface area contributed by atoms with Gasteiger partial charge in [0.2, 0.25) is 0 Å². The standard InChI is InChI=1S/C15H12ClF3N2/c1-10-2-4-11(5-3-10)9-20-21-14-8-12(15(17,18)19)6-7-13(14)16/h2-9,21H,1H3. The van der Waals surface area contributed by atoms with Crippen molar-refractivity contribution < 1.29 is 13.2 Å². The second-order valence-electron chi connectivity index (χ2n) is 4.47. The van der Waals surface area contributed by atoms with Gasteiger partial charge in [-0.05, 0) is 30.7 Å². The van der Waals surface area contributed by atoms with E-state index in [-0.39, 0.29) is 10.7 Å². The summed E-state index contributed by atoms with van der Waals surface area (Å²) in [6, 6.07) is 10.6. The number of hydrogen-bond acceptors (Lipinski definition) is 2. The van der Waals surface area contributed by atoms with E-state index in [0.29, 0.717) is 0 Å². The van der Waals surface area contributed by atoms with Gasteiger partial charge < -0.3 is 0 Å². The van der Waals surface area contributed by atoms with Crippen molar-refractivity contribution in [2.24, 2.45) is 5.10 Å². The van der Waals surface area contributed by atoms with E-state index in [9.17, 15) is 13.2 Å². The highest BCUT2D eigenvalue weighted by Crippen LogP contribution is 2.33. The molecule has 0 aliphatic heterocycles. The molecule has 2 aromatic carbocycles. The van der Waals surface area contributed by atoms with Gasteiger partial charge in [-0.1, -0.05) is 41.4 Å². The molecule has 2 nitrogen and oxygen atoms in total. The molecule has 0 fully saturated rings. The summed E-state index contributed by atoms with van der Waals surface area (Å²) in [5.74, 6) is 0. The molecule has 21 heavy (non-hydrogen) atoms. The summed E-state index contributed by atoms with van der Waals surface area (Å²) in [5, 5.41) is 4.07. The van der Waals surface area contributed by atoms with Gasteiger partial charge in [0.15, 0.2) is 0 Å². The van der Waals surface area contributed by atoms with Gasteiger partial charge in [0, 0.05) is 0 Å². The van der Waals surface area contributed by atoms with Gasteiger partial charge in [-0.3, -0.25) is 5.43 Å². The summed E-state index contributed by atoms with van der Waals surface area (Å²) in [6.45, 7) is 1.96. The zero-order chi connectivity index (χ0) is 15.5. The molecule has 6 heteroatoms. The van der Waals surface area contributed by atoms with Gasteiger partial charge in [-0.15, -0.1) is 0 Å². The van der Waals surface area contributed by atoms with Gasteiger partial charge in [0.25, 0.3) is 0 Å². The largest absolute Gasteiger partial charge is 0.416 e. The summed E-state index contributed by atoms with van der Waals surface area (Å²) in [4.78, 5) is 0. The Morgan fingerprint density at radius 1 is 1.10 bits per heavy atom. The Labute approximate surface area is 125 Å². The number of aryl methyl sites for hydroxylation is 1. The molecular formula is C15H12ClF3N2. The second kappa shape index (κ2) is 6.18. The minimum absolute atomic E-state index is 0.106. The van der Waals surface area contributed by atoms with E-state index in [1.54, 1.807) is 0 Å². The van der Waals surface area contributed by atoms with Crippen molar-refractivity contribution in [3.8, 4) is 0 Å². The number of hydrazone groups is 1. The number of nitrogens with one attached hydrogen (secondary N) is 1. The molecule has 0 spiro atoms. The Bertz CT molecular complexity index is 649. The van der Waals surface area contributed by atoms with Crippen LogP contribution in [0.5, 0.6) is 0 Å². The molecule has 2 rings (SSSR count). The maximum absolute atomic E-state index is 12.6. The van der Waals surface area contributed by atoms with Crippen molar-refractivity contribution >= 4 is 23.5 Å². The average Bonchev–Trinajstić information content (AvgIpc) is 2.42. The zero-order valence-electron chi connectivity index (χ0n) is 11.1. The monoisotopic (exact) mass is 312 g/mol. The van der Waals surface area contributed by atoms with E-state index < -0.39 is 11.7 Å². The second-order valence-corrected chi connectivity index (χ2v) is 4.88. The fourth-order valence-corrected chi connectivity index (χ4v) is 1.78. The quantitative estimate of drug-likeness (QED) is 0.618. The minimum atomic E-state index is -4.41. The number of benzene rings is 2. The van der Waals surface area contributed by atoms with Gasteiger partial charge in [0.05, 0.1) is 22.5 Å². The van der Waals surface area contributed by atoms with Crippen LogP contribution in [-0.4, -0.2) is 6.21 Å². The Balaban J connectivity index is 2.14. The Morgan fingerprint density at radius 2 is 1.76 bits per heavy atom. The first-order valence-corrected chi connectivity index (χ1v) is 6.46. The minimum Gasteiger partial charge on any atom is -0.277 e. The molecule has 0 radical (unpaired) electrons. The SMILES string of the molecule is Cc1ccc(C=NNc2cc(C(F)(F)F)ccc2Cl)cc1. The summed E-state index contributed by atoms with van der Waals surface area (Å²) in [5.41, 5.74) is 3.80. The van der Waals surface area contributed by atoms with E-state index in [0.717, 1.165) is 23.3 Å². The fourth-order valence-electron chi connectivity index (χ4n) is 1.62. The first-order chi connectivity index (χ1) is 9.86. The Hall–Kier alpha value is -2.01. The van der Waals surface area contributed by atoms with Crippen LogP contribution in [0.25, 0.3) is 0 Å². The summed E-state index contributed by atoms with van der Waals surface area (Å²) in [7, 11) is 0. The lowest BCUT2D eigenvalue weighted by molar-refractivity contribution is -0.137. The number of rotatable bonds is 3. The maximum Gasteiger partial charge on any atom is 0.416 e. The Morgan fingerprint density at radius 3 is 2.38 bits per heavy atom. The third kappa shape index (κ3) is 4.23. The van der Waals surface area contributed by atoms with Gasteiger partial charge in [-0.25, -0.2) is 0 Å². The van der Waals surface area contributed by atoms with Gasteiger partial charge in [0.1, 0.15) is 0 Å². The lowest BCUT2D eigenvalue weighted by Gasteiger charge is -2.09. The number of nitrogens with zero attached hydrogens (tertiary/aromatic N) is 1. The molecule has 0 aliphatic carbocycles. The van der Waals surface area contributed by atoms with Crippen molar-refractivity contribution in [2.75, 3.05) is 5.43 Å². The molecule has 0 bridgehead atoms. The van der Waals surface area contributed by atoms with Crippen molar-refractivity contribution in [2.45, 2.75) is 13.1 Å². The number of hydrogen-bond donors (Lipinski definition) is 1. The van der Waals surface area contributed by atoms with E-state index in [2.05, 4.69) is 10.5 Å². The molecule has 2 aromatic rings. The molecule has 110 valence electrons. The smallest absolute Gasteiger partial charge is 0.277 e. The number of halogens is 4. The molecular weight excluding hydrogens is 301 g/mol. The third-order valence-corrected chi connectivity index (χ3v) is 3.10.